The van der Waals surface area contributed by atoms with E-state index in [2.05, 4.69) is 39.8 Å². The first-order chi connectivity index (χ1) is 19.6. The number of aromatic nitrogens is 1. The minimum Gasteiger partial charge on any atom is -0.494 e. The summed E-state index contributed by atoms with van der Waals surface area (Å²) in [6.45, 7) is 8.76. The Balaban J connectivity index is 1.38. The zero-order valence-electron chi connectivity index (χ0n) is 25.1. The molecule has 0 bridgehead atoms. The van der Waals surface area contributed by atoms with Crippen LogP contribution in [0.1, 0.15) is 120 Å². The summed E-state index contributed by atoms with van der Waals surface area (Å²) in [5.41, 5.74) is 5.48. The van der Waals surface area contributed by atoms with Gasteiger partial charge in [-0.05, 0) is 87.0 Å². The number of alkyl halides is 1. The lowest BCUT2D eigenvalue weighted by atomic mass is 9.76. The van der Waals surface area contributed by atoms with Crippen LogP contribution in [0.15, 0.2) is 48.4 Å². The molecule has 0 spiro atoms. The van der Waals surface area contributed by atoms with Crippen LogP contribution in [0.3, 0.4) is 0 Å². The molecule has 4 nitrogen and oxygen atoms in total. The number of carboxylic acid groups (broad SMARTS) is 1. The number of carbonyl (C=O) groups is 1. The van der Waals surface area contributed by atoms with Crippen LogP contribution in [0.5, 0.6) is 0 Å². The number of benzene rings is 1. The number of hydrogen-bond donors (Lipinski definition) is 1. The van der Waals surface area contributed by atoms with Gasteiger partial charge in [0.2, 0.25) is 0 Å². The SMILES string of the molecule is CCC1OC(C)=C(c2cnc3c(c2)CCC(CC2(F)CCCCC2)C=C3c2ccc(C3(C(=O)O)CC3)cc2)C1(C)C. The lowest BCUT2D eigenvalue weighted by Crippen LogP contribution is -2.28. The van der Waals surface area contributed by atoms with Gasteiger partial charge < -0.3 is 9.84 Å². The Labute approximate surface area is 244 Å². The van der Waals surface area contributed by atoms with Gasteiger partial charge in [0, 0.05) is 28.3 Å². The number of ether oxygens (including phenoxy) is 1. The fourth-order valence-electron chi connectivity index (χ4n) is 8.00. The van der Waals surface area contributed by atoms with Crippen molar-refractivity contribution in [1.82, 2.24) is 4.98 Å². The molecular weight excluding hydrogens is 513 g/mol. The van der Waals surface area contributed by atoms with Gasteiger partial charge in [-0.3, -0.25) is 9.78 Å². The highest BCUT2D eigenvalue weighted by molar-refractivity contribution is 5.86. The van der Waals surface area contributed by atoms with E-state index in [1.165, 1.54) is 11.1 Å². The molecule has 1 aromatic heterocycles. The fraction of sp³-hybridized carbons (Fsp3) is 0.556. The smallest absolute Gasteiger partial charge is 0.314 e. The Morgan fingerprint density at radius 1 is 1.07 bits per heavy atom. The first kappa shape index (κ1) is 28.2. The molecule has 41 heavy (non-hydrogen) atoms. The van der Waals surface area contributed by atoms with Gasteiger partial charge in [0.15, 0.2) is 0 Å². The third-order valence-corrected chi connectivity index (χ3v) is 10.5. The number of rotatable bonds is 7. The van der Waals surface area contributed by atoms with Gasteiger partial charge in [-0.2, -0.15) is 0 Å². The number of hydrogen-bond acceptors (Lipinski definition) is 3. The number of nitrogens with zero attached hydrogens (tertiary/aromatic N) is 1. The van der Waals surface area contributed by atoms with Gasteiger partial charge in [0.25, 0.3) is 0 Å². The van der Waals surface area contributed by atoms with Crippen LogP contribution in [0, 0.1) is 11.3 Å². The molecule has 218 valence electrons. The molecule has 2 unspecified atom stereocenters. The van der Waals surface area contributed by atoms with Crippen LogP contribution < -0.4 is 0 Å². The zero-order chi connectivity index (χ0) is 29.0. The molecule has 4 aliphatic rings. The molecule has 1 N–H and O–H groups in total. The zero-order valence-corrected chi connectivity index (χ0v) is 25.1. The Morgan fingerprint density at radius 2 is 1.78 bits per heavy atom. The molecule has 6 rings (SSSR count). The molecule has 1 aliphatic heterocycles. The second-order valence-electron chi connectivity index (χ2n) is 13.7. The van der Waals surface area contributed by atoms with Gasteiger partial charge in [-0.25, -0.2) is 4.39 Å². The summed E-state index contributed by atoms with van der Waals surface area (Å²) in [6, 6.07) is 10.3. The van der Waals surface area contributed by atoms with E-state index in [1.807, 2.05) is 30.5 Å². The van der Waals surface area contributed by atoms with Gasteiger partial charge in [-0.15, -0.1) is 0 Å². The lowest BCUT2D eigenvalue weighted by Gasteiger charge is -2.32. The Hall–Kier alpha value is -2.95. The Kier molecular flexibility index (Phi) is 7.15. The summed E-state index contributed by atoms with van der Waals surface area (Å²) in [6.07, 6.45) is 13.4. The molecule has 0 amide bonds. The van der Waals surface area contributed by atoms with Crippen molar-refractivity contribution in [2.24, 2.45) is 11.3 Å². The molecule has 3 aliphatic carbocycles. The lowest BCUT2D eigenvalue weighted by molar-refractivity contribution is -0.140. The minimum atomic E-state index is -1.09. The van der Waals surface area contributed by atoms with E-state index in [9.17, 15) is 9.90 Å². The van der Waals surface area contributed by atoms with Crippen molar-refractivity contribution in [2.75, 3.05) is 0 Å². The Morgan fingerprint density at radius 3 is 2.39 bits per heavy atom. The summed E-state index contributed by atoms with van der Waals surface area (Å²) < 4.78 is 22.2. The van der Waals surface area contributed by atoms with E-state index in [4.69, 9.17) is 9.72 Å². The minimum absolute atomic E-state index is 0.110. The van der Waals surface area contributed by atoms with Gasteiger partial charge in [-0.1, -0.05) is 70.4 Å². The highest BCUT2D eigenvalue weighted by Gasteiger charge is 2.51. The summed E-state index contributed by atoms with van der Waals surface area (Å²) in [5.74, 6) is 0.356. The van der Waals surface area contributed by atoms with Crippen LogP contribution in [0.2, 0.25) is 0 Å². The molecule has 0 saturated heterocycles. The van der Waals surface area contributed by atoms with E-state index in [0.717, 1.165) is 72.2 Å². The standard InChI is InChI=1S/C36H44FNO3/c1-5-30-34(3,4)31(23(2)41-30)27-20-26-10-9-24(21-35(37)15-7-6-8-16-35)19-29(32(26)38-22-27)25-11-13-28(14-12-25)36(17-18-36)33(39)40/h11-14,19-20,22,24,30H,5-10,15-18,21H2,1-4H3,(H,39,40). The van der Waals surface area contributed by atoms with Crippen LogP contribution in [0.25, 0.3) is 11.1 Å². The second-order valence-corrected chi connectivity index (χ2v) is 13.7. The first-order valence-electron chi connectivity index (χ1n) is 15.7. The number of carboxylic acids is 1. The quantitative estimate of drug-likeness (QED) is 0.369. The number of allylic oxidation sites excluding steroid dienone is 2. The highest BCUT2D eigenvalue weighted by atomic mass is 19.1. The van der Waals surface area contributed by atoms with E-state index in [0.29, 0.717) is 32.1 Å². The molecule has 2 saturated carbocycles. The normalized spacial score (nSPS) is 26.0. The third kappa shape index (κ3) is 5.04. The molecule has 2 aromatic rings. The number of aliphatic carboxylic acids is 1. The number of fused-ring (bicyclic) bond motifs is 1. The van der Waals surface area contributed by atoms with Gasteiger partial charge in [0.1, 0.15) is 11.8 Å². The molecule has 2 fully saturated rings. The van der Waals surface area contributed by atoms with Crippen molar-refractivity contribution in [1.29, 1.82) is 0 Å². The predicted molar refractivity (Wildman–Crippen MR) is 161 cm³/mol. The monoisotopic (exact) mass is 557 g/mol. The topological polar surface area (TPSA) is 59.4 Å². The average molecular weight is 558 g/mol. The molecule has 5 heteroatoms. The Bertz CT molecular complexity index is 1390. The molecule has 2 atom stereocenters. The highest BCUT2D eigenvalue weighted by Crippen LogP contribution is 2.50. The van der Waals surface area contributed by atoms with Crippen molar-refractivity contribution in [3.8, 4) is 0 Å². The van der Waals surface area contributed by atoms with Crippen LogP contribution in [-0.4, -0.2) is 27.8 Å². The predicted octanol–water partition coefficient (Wildman–Crippen LogP) is 8.82. The number of pyridine rings is 1. The average Bonchev–Trinajstić information content (AvgIpc) is 3.74. The van der Waals surface area contributed by atoms with Crippen molar-refractivity contribution in [2.45, 2.75) is 116 Å². The summed E-state index contributed by atoms with van der Waals surface area (Å²) in [7, 11) is 0. The fourth-order valence-corrected chi connectivity index (χ4v) is 8.00. The maximum Gasteiger partial charge on any atom is 0.314 e. The van der Waals surface area contributed by atoms with Crippen LogP contribution in [-0.2, 0) is 21.4 Å². The number of aryl methyl sites for hydroxylation is 1. The summed E-state index contributed by atoms with van der Waals surface area (Å²) in [4.78, 5) is 17.0. The molecule has 2 heterocycles. The van der Waals surface area contributed by atoms with E-state index >= 15 is 4.39 Å². The van der Waals surface area contributed by atoms with Gasteiger partial charge >= 0.3 is 5.97 Å². The molecule has 1 aromatic carbocycles. The largest absolute Gasteiger partial charge is 0.494 e. The van der Waals surface area contributed by atoms with Crippen molar-refractivity contribution in [3.63, 3.8) is 0 Å². The molecular formula is C36H44FNO3. The van der Waals surface area contributed by atoms with Gasteiger partial charge in [0.05, 0.1) is 16.9 Å². The van der Waals surface area contributed by atoms with Crippen LogP contribution in [0.4, 0.5) is 4.39 Å². The van der Waals surface area contributed by atoms with Crippen molar-refractivity contribution < 1.29 is 19.0 Å². The molecule has 0 radical (unpaired) electrons. The summed E-state index contributed by atoms with van der Waals surface area (Å²) >= 11 is 0. The van der Waals surface area contributed by atoms with Crippen LogP contribution >= 0.6 is 0 Å². The van der Waals surface area contributed by atoms with E-state index in [1.54, 1.807) is 0 Å². The number of halogens is 1. The maximum absolute atomic E-state index is 16.0. The second kappa shape index (κ2) is 10.4. The maximum atomic E-state index is 16.0. The first-order valence-corrected chi connectivity index (χ1v) is 15.7. The van der Waals surface area contributed by atoms with Crippen molar-refractivity contribution in [3.05, 3.63) is 76.3 Å². The van der Waals surface area contributed by atoms with E-state index < -0.39 is 17.1 Å². The van der Waals surface area contributed by atoms with E-state index in [-0.39, 0.29) is 17.4 Å². The third-order valence-electron chi connectivity index (χ3n) is 10.5. The summed E-state index contributed by atoms with van der Waals surface area (Å²) in [5, 5.41) is 9.79. The van der Waals surface area contributed by atoms with Crippen molar-refractivity contribution >= 4 is 17.1 Å².